The number of H-pyrrole nitrogens is 4. The number of aryl methyl sites for hydroxylation is 14. The molecule has 34 heteroatoms. The Hall–Kier alpha value is -14.7. The maximum atomic E-state index is 13.2. The molecule has 0 saturated carbocycles. The van der Waals surface area contributed by atoms with Gasteiger partial charge in [-0.05, 0) is 334 Å². The van der Waals surface area contributed by atoms with Crippen molar-refractivity contribution in [3.05, 3.63) is 351 Å². The van der Waals surface area contributed by atoms with Crippen molar-refractivity contribution in [1.82, 2.24) is 58.9 Å². The number of nitrogens with one attached hydrogen (secondary N) is 4. The monoisotopic (exact) mass is 2030 g/mol. The molecular formula is C111H120N16O14S4. The lowest BCUT2D eigenvalue weighted by molar-refractivity contribution is -0.137. The van der Waals surface area contributed by atoms with E-state index >= 15 is 0 Å². The summed E-state index contributed by atoms with van der Waals surface area (Å²) in [5, 5.41) is 21.1. The number of ketones is 7. The number of likely N-dealkylation sites (tertiary alicyclic amines) is 2. The number of Topliss-reactive ketones (excluding diaryl/α,β-unsaturated/α-hetero) is 7. The first-order valence-electron chi connectivity index (χ1n) is 48.1. The third kappa shape index (κ3) is 27.0. The van der Waals surface area contributed by atoms with Crippen LogP contribution in [-0.2, 0) is 17.6 Å². The Bertz CT molecular complexity index is 7370. The van der Waals surface area contributed by atoms with Crippen molar-refractivity contribution in [3.63, 3.8) is 0 Å². The van der Waals surface area contributed by atoms with Crippen LogP contribution < -0.4 is 22.2 Å². The number of piperidine rings is 1. The summed E-state index contributed by atoms with van der Waals surface area (Å²) in [6.45, 7) is 33.8. The second kappa shape index (κ2) is 49.0. The molecule has 752 valence electrons. The number of thiophene rings is 4. The number of pyridine rings is 2. The van der Waals surface area contributed by atoms with Gasteiger partial charge in [0.15, 0.2) is 40.5 Å². The number of nitrogens with zero attached hydrogens (tertiary/aromatic N) is 12. The Morgan fingerprint density at radius 3 is 1.00 bits per heavy atom. The molecule has 0 radical (unpaired) electrons. The van der Waals surface area contributed by atoms with E-state index in [1.807, 2.05) is 184 Å². The molecule has 30 nitrogen and oxygen atoms in total. The van der Waals surface area contributed by atoms with E-state index in [1.54, 1.807) is 102 Å². The third-order valence-electron chi connectivity index (χ3n) is 26.0. The highest BCUT2D eigenvalue weighted by Gasteiger charge is 2.31. The zero-order chi connectivity index (χ0) is 104. The van der Waals surface area contributed by atoms with Crippen LogP contribution in [-0.4, -0.2) is 198 Å². The lowest BCUT2D eigenvalue weighted by Gasteiger charge is -2.36. The minimum atomic E-state index is -0.943. The molecule has 2 fully saturated rings. The SMILES string of the molecule is CC(=NCC(=O)c1ccc(C(=O)CCCC(=O)O)s1)c1c(C)[nH]n(-c2ccc(C)c(C)c2)c1=O.CC(=NCC(=O)c1ccc(C(=O)CCc2ccccn2)s1)c1c(C)[nH]n(-c2ccc(C)c(C)c2)c1=O.CC(=NCC(=O)c1ccc(C(=O)CCc2cccnc2)s1)c1c(C)[nH]n(-c2ccc(C)c(C)c2)c1=O.CC(=NCC(=O)c1ccc(C(=O)N2CCC(N3CCCC3)CC2)s1)c1c(C)[nH]n(-c2ccc(C)c(C)c2)c1=O. The predicted octanol–water partition coefficient (Wildman–Crippen LogP) is 18.9. The van der Waals surface area contributed by atoms with E-state index in [4.69, 9.17) is 5.11 Å². The number of amides is 1. The largest absolute Gasteiger partial charge is 0.481 e. The van der Waals surface area contributed by atoms with Gasteiger partial charge in [-0.25, -0.2) is 18.7 Å². The van der Waals surface area contributed by atoms with Crippen LogP contribution in [0.4, 0.5) is 0 Å². The normalized spacial score (nSPS) is 13.1. The van der Waals surface area contributed by atoms with Gasteiger partial charge in [-0.3, -0.25) is 113 Å². The van der Waals surface area contributed by atoms with Gasteiger partial charge in [0.2, 0.25) is 0 Å². The number of aliphatic carboxylic acids is 1. The lowest BCUT2D eigenvalue weighted by Crippen LogP contribution is -2.45. The fraction of sp³-hybridized carbons (Fsp3) is 0.324. The summed E-state index contributed by atoms with van der Waals surface area (Å²) < 4.78 is 5.99. The van der Waals surface area contributed by atoms with Crippen molar-refractivity contribution in [1.29, 1.82) is 0 Å². The lowest BCUT2D eigenvalue weighted by atomic mass is 10.0. The van der Waals surface area contributed by atoms with Gasteiger partial charge in [0.05, 0.1) is 84.0 Å². The highest BCUT2D eigenvalue weighted by molar-refractivity contribution is 7.17. The maximum absolute atomic E-state index is 13.2. The molecular weight excluding hydrogens is 1910 g/mol. The number of carbonyl (C=O) groups is 9. The molecule has 10 aromatic heterocycles. The number of aliphatic imine (C=N–C) groups is 4. The van der Waals surface area contributed by atoms with Gasteiger partial charge in [-0.1, -0.05) is 36.4 Å². The second-order valence-corrected chi connectivity index (χ2v) is 40.8. The van der Waals surface area contributed by atoms with Crippen molar-refractivity contribution in [2.75, 3.05) is 52.4 Å². The molecule has 4 aromatic carbocycles. The first-order valence-corrected chi connectivity index (χ1v) is 51.3. The molecule has 16 rings (SSSR count). The summed E-state index contributed by atoms with van der Waals surface area (Å²) in [5.41, 5.74) is 19.5. The zero-order valence-electron chi connectivity index (χ0n) is 84.4. The Labute approximate surface area is 855 Å². The van der Waals surface area contributed by atoms with E-state index < -0.39 is 5.97 Å². The molecule has 0 unspecified atom stereocenters. The average Bonchev–Trinajstić information content (AvgIpc) is 1.65. The minimum Gasteiger partial charge on any atom is -0.481 e. The van der Waals surface area contributed by atoms with E-state index in [9.17, 15) is 62.3 Å². The average molecular weight is 2030 g/mol. The van der Waals surface area contributed by atoms with Gasteiger partial charge in [0, 0.05) is 115 Å². The van der Waals surface area contributed by atoms with Gasteiger partial charge in [0.1, 0.15) is 26.2 Å². The number of benzene rings is 4. The number of aromatic amines is 4. The van der Waals surface area contributed by atoms with E-state index in [-0.39, 0.29) is 114 Å². The van der Waals surface area contributed by atoms with Crippen molar-refractivity contribution in [2.24, 2.45) is 20.0 Å². The van der Waals surface area contributed by atoms with E-state index in [1.165, 1.54) is 78.7 Å². The molecule has 145 heavy (non-hydrogen) atoms. The minimum absolute atomic E-state index is 0.00238. The standard InChI is InChI=1S/C30H37N5O3S.2C28H28N4O3S.C25H27N3O5S/c1-19-7-8-24(17-20(19)2)35-30(38)28(22(4)32-35)21(3)31-18-25(36)26-9-10-27(39-26)29(37)34-15-11-23(12-16-34)33-13-5-6-14-33;1-17-7-9-22(14-18(17)2)32-28(35)27(20(4)31-32)19(3)30-16-24(34)26-12-11-25(36-26)23(33)10-8-21-6-5-13-29-15-21;1-17-8-10-22(15-18(17)2)32-28(35)27(20(4)31-32)19(3)30-16-24(34)26-13-12-25(36-26)23(33)11-9-21-7-5-6-14-29-21;1-14-8-9-18(12-15(14)2)28-25(33)24(17(4)27-28)16(3)26-13-20(30)22-11-10-21(34-22)19(29)6-5-7-23(31)32/h7-10,17,23,32H,5-6,11-16,18H2,1-4H3;5-7,9,11-15,31H,8,10,16H2,1-4H3;5-8,10,12-15,31H,9,11,16H2,1-4H3;8-12,27H,5-7,13H2,1-4H3,(H,31,32). The first-order chi connectivity index (χ1) is 69.3. The molecule has 12 heterocycles. The van der Waals surface area contributed by atoms with Crippen LogP contribution in [0.2, 0.25) is 0 Å². The molecule has 0 spiro atoms. The number of rotatable bonds is 35. The molecule has 5 N–H and O–H groups in total. The molecule has 0 aliphatic carbocycles. The Morgan fingerprint density at radius 1 is 0.359 bits per heavy atom. The van der Waals surface area contributed by atoms with E-state index in [0.29, 0.717) is 139 Å². The summed E-state index contributed by atoms with van der Waals surface area (Å²) in [5.74, 6) is -1.92. The molecule has 1 amide bonds. The molecule has 2 aliphatic rings. The summed E-state index contributed by atoms with van der Waals surface area (Å²) in [7, 11) is 0. The third-order valence-corrected chi connectivity index (χ3v) is 30.6. The van der Waals surface area contributed by atoms with Gasteiger partial charge in [-0.15, -0.1) is 45.3 Å². The molecule has 14 aromatic rings. The van der Waals surface area contributed by atoms with E-state index in [0.717, 1.165) is 116 Å². The summed E-state index contributed by atoms with van der Waals surface area (Å²) in [4.78, 5) is 199. The maximum Gasteiger partial charge on any atom is 0.303 e. The van der Waals surface area contributed by atoms with Crippen LogP contribution in [0.1, 0.15) is 264 Å². The van der Waals surface area contributed by atoms with Gasteiger partial charge in [-0.2, -0.15) is 0 Å². The Kier molecular flexibility index (Phi) is 36.4. The quantitative estimate of drug-likeness (QED) is 0.0182. The molecule has 2 saturated heterocycles. The van der Waals surface area contributed by atoms with Crippen LogP contribution in [0, 0.1) is 83.1 Å². The van der Waals surface area contributed by atoms with Crippen LogP contribution in [0.25, 0.3) is 22.7 Å². The number of carboxylic acid groups (broad SMARTS) is 1. The Balaban J connectivity index is 0.000000162. The van der Waals surface area contributed by atoms with Crippen molar-refractivity contribution in [2.45, 2.75) is 187 Å². The second-order valence-electron chi connectivity index (χ2n) is 36.5. The number of carboxylic acids is 1. The number of hydrogen-bond acceptors (Lipinski definition) is 24. The van der Waals surface area contributed by atoms with Crippen LogP contribution in [0.3, 0.4) is 0 Å². The smallest absolute Gasteiger partial charge is 0.303 e. The fourth-order valence-electron chi connectivity index (χ4n) is 17.0. The molecule has 2 aliphatic heterocycles. The highest BCUT2D eigenvalue weighted by Crippen LogP contribution is 2.30. The first kappa shape index (κ1) is 108. The topological polar surface area (TPSA) is 407 Å². The number of hydrogen-bond donors (Lipinski definition) is 5. The van der Waals surface area contributed by atoms with E-state index in [2.05, 4.69) is 55.2 Å². The number of carbonyl (C=O) groups excluding carboxylic acids is 8. The predicted molar refractivity (Wildman–Crippen MR) is 575 cm³/mol. The number of aromatic nitrogens is 10. The Morgan fingerprint density at radius 2 is 0.683 bits per heavy atom. The van der Waals surface area contributed by atoms with Crippen LogP contribution in [0.5, 0.6) is 0 Å². The summed E-state index contributed by atoms with van der Waals surface area (Å²) in [6, 6.07) is 46.6. The fourth-order valence-corrected chi connectivity index (χ4v) is 20.7. The van der Waals surface area contributed by atoms with Crippen LogP contribution >= 0.6 is 45.3 Å². The van der Waals surface area contributed by atoms with Crippen molar-refractivity contribution < 1.29 is 48.3 Å². The molecule has 0 atom stereocenters. The zero-order valence-corrected chi connectivity index (χ0v) is 87.7. The van der Waals surface area contributed by atoms with Gasteiger partial charge >= 0.3 is 5.97 Å². The summed E-state index contributed by atoms with van der Waals surface area (Å²) in [6.07, 6.45) is 11.9. The van der Waals surface area contributed by atoms with Crippen LogP contribution in [0.15, 0.2) is 209 Å². The van der Waals surface area contributed by atoms with Crippen molar-refractivity contribution >= 4 is 121 Å². The highest BCUT2D eigenvalue weighted by atomic mass is 32.1. The molecule has 0 bridgehead atoms. The van der Waals surface area contributed by atoms with Crippen molar-refractivity contribution in [3.8, 4) is 22.7 Å². The van der Waals surface area contributed by atoms with Gasteiger partial charge < -0.3 is 14.9 Å². The van der Waals surface area contributed by atoms with Gasteiger partial charge in [0.25, 0.3) is 28.1 Å². The summed E-state index contributed by atoms with van der Waals surface area (Å²) >= 11 is 4.68.